The van der Waals surface area contributed by atoms with E-state index < -0.39 is 23.1 Å². The number of rotatable bonds is 4. The Bertz CT molecular complexity index is 1340. The second-order valence-electron chi connectivity index (χ2n) is 6.73. The molecule has 0 saturated heterocycles. The minimum absolute atomic E-state index is 0.0119. The Labute approximate surface area is 186 Å². The number of nitrogen functional groups attached to an aromatic ring is 1. The van der Waals surface area contributed by atoms with Gasteiger partial charge in [-0.25, -0.2) is 9.59 Å². The van der Waals surface area contributed by atoms with E-state index in [1.165, 1.54) is 20.4 Å². The first-order chi connectivity index (χ1) is 15.5. The summed E-state index contributed by atoms with van der Waals surface area (Å²) < 4.78 is 11.0. The Balaban J connectivity index is 2.12. The molecule has 162 valence electrons. The topological polar surface area (TPSA) is 126 Å². The highest BCUT2D eigenvalue weighted by Gasteiger charge is 2.38. The van der Waals surface area contributed by atoms with Crippen LogP contribution in [0.2, 0.25) is 0 Å². The smallest absolute Gasteiger partial charge is 0.357 e. The van der Waals surface area contributed by atoms with Gasteiger partial charge < -0.3 is 15.2 Å². The van der Waals surface area contributed by atoms with E-state index in [0.717, 1.165) is 16.3 Å². The van der Waals surface area contributed by atoms with Crippen molar-refractivity contribution in [3.63, 3.8) is 0 Å². The Morgan fingerprint density at radius 3 is 2.38 bits per heavy atom. The predicted octanol–water partition coefficient (Wildman–Crippen LogP) is 0.885. The number of ether oxygens (including phenoxy) is 2. The third kappa shape index (κ3) is 3.54. The van der Waals surface area contributed by atoms with Crippen LogP contribution in [0.1, 0.15) is 31.7 Å². The van der Waals surface area contributed by atoms with Crippen LogP contribution in [0, 0.1) is 0 Å². The van der Waals surface area contributed by atoms with E-state index >= 15 is 0 Å². The summed E-state index contributed by atoms with van der Waals surface area (Å²) in [5.41, 5.74) is 7.44. The van der Waals surface area contributed by atoms with Gasteiger partial charge in [0.15, 0.2) is 5.69 Å². The van der Waals surface area contributed by atoms with Gasteiger partial charge in [-0.1, -0.05) is 23.9 Å². The number of hydrogen-bond acceptors (Lipinski definition) is 9. The van der Waals surface area contributed by atoms with Gasteiger partial charge in [0.05, 0.1) is 25.3 Å². The zero-order valence-corrected chi connectivity index (χ0v) is 18.0. The number of hydrogen-bond donors (Lipinski definition) is 1. The summed E-state index contributed by atoms with van der Waals surface area (Å²) >= 11 is 1.02. The molecule has 0 radical (unpaired) electrons. The maximum absolute atomic E-state index is 13.6. The zero-order chi connectivity index (χ0) is 22.8. The second-order valence-corrected chi connectivity index (χ2v) is 7.84. The number of nitrogens with two attached hydrogens (primary N) is 1. The van der Waals surface area contributed by atoms with Crippen molar-refractivity contribution >= 4 is 46.3 Å². The van der Waals surface area contributed by atoms with Gasteiger partial charge in [-0.05, 0) is 29.3 Å². The van der Waals surface area contributed by atoms with Gasteiger partial charge in [0.1, 0.15) is 10.2 Å². The standard InChI is InChI=1S/C22H18N4O5S/c1-30-21(28)17-15(23)14(9-12-5-3-7-24-10-12)16-19(22(29)31-2)32-18(20(27)26(16)17)13-6-4-8-25-11-13/h3-11,18H,23H2,1-2H3/b14-9+/t18-/m0/s1. The van der Waals surface area contributed by atoms with Gasteiger partial charge in [0.25, 0.3) is 0 Å². The molecule has 3 aromatic rings. The number of aromatic nitrogens is 3. The molecular formula is C22H18N4O5S. The first-order valence-corrected chi connectivity index (χ1v) is 10.3. The molecule has 1 aliphatic rings. The average Bonchev–Trinajstić information content (AvgIpc) is 3.12. The summed E-state index contributed by atoms with van der Waals surface area (Å²) in [5.74, 6) is -1.92. The molecule has 0 amide bonds. The van der Waals surface area contributed by atoms with Crippen LogP contribution in [-0.4, -0.2) is 46.6 Å². The monoisotopic (exact) mass is 450 g/mol. The van der Waals surface area contributed by atoms with Gasteiger partial charge in [0.2, 0.25) is 5.91 Å². The molecule has 0 spiro atoms. The third-order valence-electron chi connectivity index (χ3n) is 4.88. The number of carbonyl (C=O) groups is 3. The van der Waals surface area contributed by atoms with Crippen molar-refractivity contribution in [3.05, 3.63) is 76.4 Å². The summed E-state index contributed by atoms with van der Waals surface area (Å²) in [6, 6.07) is 6.91. The van der Waals surface area contributed by atoms with Crippen LogP contribution in [0.4, 0.5) is 5.69 Å². The summed E-state index contributed by atoms with van der Waals surface area (Å²) in [7, 11) is 2.44. The molecule has 0 bridgehead atoms. The van der Waals surface area contributed by atoms with E-state index in [1.54, 1.807) is 48.9 Å². The quantitative estimate of drug-likeness (QED) is 0.577. The fourth-order valence-electron chi connectivity index (χ4n) is 3.44. The minimum atomic E-state index is -0.841. The van der Waals surface area contributed by atoms with Crippen LogP contribution in [0.3, 0.4) is 0 Å². The Morgan fingerprint density at radius 2 is 1.78 bits per heavy atom. The molecule has 9 nitrogen and oxygen atoms in total. The summed E-state index contributed by atoms with van der Waals surface area (Å²) in [5, 5.41) is -0.343. The number of thioether (sulfide) groups is 1. The molecule has 0 fully saturated rings. The van der Waals surface area contributed by atoms with Gasteiger partial charge in [-0.15, -0.1) is 0 Å². The number of fused-ring (bicyclic) bond motifs is 1. The van der Waals surface area contributed by atoms with Crippen molar-refractivity contribution < 1.29 is 23.9 Å². The Kier molecular flexibility index (Phi) is 5.78. The first-order valence-electron chi connectivity index (χ1n) is 9.41. The van der Waals surface area contributed by atoms with E-state index in [0.29, 0.717) is 16.3 Å². The molecule has 32 heavy (non-hydrogen) atoms. The van der Waals surface area contributed by atoms with Crippen molar-refractivity contribution in [1.82, 2.24) is 14.5 Å². The summed E-state index contributed by atoms with van der Waals surface area (Å²) in [6.07, 6.45) is 7.96. The highest BCUT2D eigenvalue weighted by Crippen LogP contribution is 2.39. The summed E-state index contributed by atoms with van der Waals surface area (Å²) in [6.45, 7) is 0. The van der Waals surface area contributed by atoms with E-state index in [9.17, 15) is 14.4 Å². The number of pyridine rings is 2. The van der Waals surface area contributed by atoms with Crippen molar-refractivity contribution in [3.8, 4) is 0 Å². The highest BCUT2D eigenvalue weighted by molar-refractivity contribution is 8.10. The van der Waals surface area contributed by atoms with Gasteiger partial charge in [0, 0.05) is 30.0 Å². The number of carbonyl (C=O) groups excluding carboxylic acids is 3. The highest BCUT2D eigenvalue weighted by atomic mass is 32.2. The molecule has 2 N–H and O–H groups in total. The SMILES string of the molecule is COC(=O)C1=c2/c(=C/c3cccnc3)c(N)c(C(=O)OC)n2C(=O)[C@H](c2cccnc2)S1. The van der Waals surface area contributed by atoms with E-state index in [2.05, 4.69) is 9.97 Å². The van der Waals surface area contributed by atoms with Crippen molar-refractivity contribution in [2.24, 2.45) is 0 Å². The van der Waals surface area contributed by atoms with Crippen LogP contribution < -0.4 is 16.3 Å². The van der Waals surface area contributed by atoms with E-state index in [4.69, 9.17) is 15.2 Å². The lowest BCUT2D eigenvalue weighted by molar-refractivity contribution is -0.133. The molecule has 3 aromatic heterocycles. The molecule has 0 saturated carbocycles. The number of esters is 2. The summed E-state index contributed by atoms with van der Waals surface area (Å²) in [4.78, 5) is 47.3. The van der Waals surface area contributed by atoms with E-state index in [-0.39, 0.29) is 21.6 Å². The molecule has 0 unspecified atom stereocenters. The molecule has 4 heterocycles. The van der Waals surface area contributed by atoms with Crippen molar-refractivity contribution in [2.75, 3.05) is 20.0 Å². The van der Waals surface area contributed by atoms with Crippen molar-refractivity contribution in [2.45, 2.75) is 5.25 Å². The fraction of sp³-hybridized carbons (Fsp3) is 0.136. The third-order valence-corrected chi connectivity index (χ3v) is 6.18. The fourth-order valence-corrected chi connectivity index (χ4v) is 4.65. The molecule has 0 aromatic carbocycles. The lowest BCUT2D eigenvalue weighted by Crippen LogP contribution is -2.42. The second kappa shape index (κ2) is 8.67. The normalized spacial score (nSPS) is 15.9. The zero-order valence-electron chi connectivity index (χ0n) is 17.1. The molecule has 4 rings (SSSR count). The maximum Gasteiger partial charge on any atom is 0.357 e. The number of anilines is 1. The molecule has 0 aliphatic carbocycles. The molecule has 1 atom stereocenters. The van der Waals surface area contributed by atoms with Crippen LogP contribution in [0.25, 0.3) is 11.0 Å². The predicted molar refractivity (Wildman–Crippen MR) is 118 cm³/mol. The van der Waals surface area contributed by atoms with Crippen LogP contribution in [-0.2, 0) is 14.3 Å². The van der Waals surface area contributed by atoms with Crippen molar-refractivity contribution in [1.29, 1.82) is 0 Å². The maximum atomic E-state index is 13.6. The van der Waals surface area contributed by atoms with Crippen LogP contribution >= 0.6 is 11.8 Å². The molecular weight excluding hydrogens is 432 g/mol. The van der Waals surface area contributed by atoms with Crippen LogP contribution in [0.15, 0.2) is 49.1 Å². The Morgan fingerprint density at radius 1 is 1.09 bits per heavy atom. The van der Waals surface area contributed by atoms with Crippen LogP contribution in [0.5, 0.6) is 0 Å². The molecule has 1 aliphatic heterocycles. The van der Waals surface area contributed by atoms with Gasteiger partial charge in [-0.3, -0.25) is 19.3 Å². The largest absolute Gasteiger partial charge is 0.465 e. The van der Waals surface area contributed by atoms with Gasteiger partial charge >= 0.3 is 11.9 Å². The van der Waals surface area contributed by atoms with E-state index in [1.807, 2.05) is 0 Å². The average molecular weight is 450 g/mol. The minimum Gasteiger partial charge on any atom is -0.465 e. The number of methoxy groups -OCH3 is 2. The first kappa shape index (κ1) is 21.3. The Hall–Kier alpha value is -3.92. The lowest BCUT2D eigenvalue weighted by atomic mass is 10.2. The molecule has 10 heteroatoms. The number of nitrogens with zero attached hydrogens (tertiary/aromatic N) is 3. The lowest BCUT2D eigenvalue weighted by Gasteiger charge is -2.23. The van der Waals surface area contributed by atoms with Gasteiger partial charge in [-0.2, -0.15) is 0 Å².